The molecule has 0 unspecified atom stereocenters. The van der Waals surface area contributed by atoms with E-state index in [2.05, 4.69) is 4.98 Å². The lowest BCUT2D eigenvalue weighted by Crippen LogP contribution is -2.29. The molecule has 0 spiro atoms. The fraction of sp³-hybridized carbons (Fsp3) is 0.200. The molecule has 8 nitrogen and oxygen atoms in total. The van der Waals surface area contributed by atoms with E-state index in [9.17, 15) is 19.5 Å². The van der Waals surface area contributed by atoms with E-state index in [1.54, 1.807) is 19.1 Å². The number of Topliss-reactive ketones (excluding diaryl/α,β-unsaturated/α-hetero) is 2. The molecule has 1 fully saturated rings. The molecule has 0 radical (unpaired) electrons. The fourth-order valence-corrected chi connectivity index (χ4v) is 5.17. The Morgan fingerprint density at radius 1 is 1.14 bits per heavy atom. The molecular formula is C25H19FN2O6S. The quantitative estimate of drug-likeness (QED) is 0.251. The van der Waals surface area contributed by atoms with Gasteiger partial charge in [0.15, 0.2) is 22.4 Å². The van der Waals surface area contributed by atoms with Crippen LogP contribution in [0.2, 0.25) is 0 Å². The summed E-state index contributed by atoms with van der Waals surface area (Å²) in [6, 6.07) is 8.99. The number of aromatic nitrogens is 1. The Morgan fingerprint density at radius 3 is 2.54 bits per heavy atom. The van der Waals surface area contributed by atoms with Gasteiger partial charge in [-0.3, -0.25) is 19.3 Å². The maximum atomic E-state index is 15.0. The molecule has 2 aliphatic heterocycles. The van der Waals surface area contributed by atoms with Crippen LogP contribution in [0.3, 0.4) is 0 Å². The molecule has 5 rings (SSSR count). The summed E-state index contributed by atoms with van der Waals surface area (Å²) in [6.07, 6.45) is 0. The van der Waals surface area contributed by atoms with Crippen LogP contribution in [0.1, 0.15) is 39.5 Å². The predicted molar refractivity (Wildman–Crippen MR) is 125 cm³/mol. The highest BCUT2D eigenvalue weighted by atomic mass is 32.1. The number of ether oxygens (including phenoxy) is 2. The number of nitrogens with zero attached hydrogens (tertiary/aromatic N) is 2. The number of ketones is 2. The van der Waals surface area contributed by atoms with Gasteiger partial charge in [0.2, 0.25) is 0 Å². The molecular weight excluding hydrogens is 475 g/mol. The van der Waals surface area contributed by atoms with Gasteiger partial charge in [-0.15, -0.1) is 0 Å². The van der Waals surface area contributed by atoms with Gasteiger partial charge in [0, 0.05) is 18.1 Å². The number of hydrogen-bond acceptors (Lipinski definition) is 8. The van der Waals surface area contributed by atoms with Crippen molar-refractivity contribution in [2.24, 2.45) is 0 Å². The number of halogens is 1. The van der Waals surface area contributed by atoms with Crippen LogP contribution in [-0.2, 0) is 9.59 Å². The number of hydrogen-bond donors (Lipinski definition) is 1. The minimum atomic E-state index is -1.30. The SMILES string of the molecule is CC(=O)c1sc(N2C(=O)C(=O)C(=C(O)c3ccc4c(c3)OCCO4)[C@H]2c2ccccc2F)nc1C. The third-order valence-electron chi connectivity index (χ3n) is 5.77. The number of fused-ring (bicyclic) bond motifs is 1. The van der Waals surface area contributed by atoms with Crippen molar-refractivity contribution in [3.05, 3.63) is 75.6 Å². The minimum absolute atomic E-state index is 0.00280. The minimum Gasteiger partial charge on any atom is -0.507 e. The lowest BCUT2D eigenvalue weighted by molar-refractivity contribution is -0.132. The summed E-state index contributed by atoms with van der Waals surface area (Å²) >= 11 is 0.932. The monoisotopic (exact) mass is 494 g/mol. The average Bonchev–Trinajstić information content (AvgIpc) is 3.35. The second-order valence-electron chi connectivity index (χ2n) is 8.02. The summed E-state index contributed by atoms with van der Waals surface area (Å²) in [6.45, 7) is 3.68. The Bertz CT molecular complexity index is 1430. The molecule has 2 aliphatic rings. The molecule has 35 heavy (non-hydrogen) atoms. The standard InChI is InChI=1S/C25H19FN2O6S/c1-12-23(13(2)29)35-25(27-12)28-20(15-5-3-4-6-16(15)26)19(22(31)24(28)32)21(30)14-7-8-17-18(11-14)34-10-9-33-17/h3-8,11,20,30H,9-10H2,1-2H3/t20-/m1/s1. The maximum absolute atomic E-state index is 15.0. The van der Waals surface area contributed by atoms with Crippen molar-refractivity contribution in [2.45, 2.75) is 19.9 Å². The van der Waals surface area contributed by atoms with Crippen LogP contribution in [0, 0.1) is 12.7 Å². The Labute approximate surface area is 203 Å². The summed E-state index contributed by atoms with van der Waals surface area (Å²) in [5.74, 6) is -2.54. The van der Waals surface area contributed by atoms with Gasteiger partial charge < -0.3 is 14.6 Å². The molecule has 0 saturated carbocycles. The van der Waals surface area contributed by atoms with E-state index >= 15 is 4.39 Å². The zero-order valence-electron chi connectivity index (χ0n) is 18.7. The number of anilines is 1. The van der Waals surface area contributed by atoms with E-state index in [1.165, 1.54) is 37.3 Å². The van der Waals surface area contributed by atoms with Crippen LogP contribution >= 0.6 is 11.3 Å². The first-order chi connectivity index (χ1) is 16.8. The first-order valence-corrected chi connectivity index (χ1v) is 11.5. The van der Waals surface area contributed by atoms with Gasteiger partial charge in [0.1, 0.15) is 30.8 Å². The van der Waals surface area contributed by atoms with Crippen LogP contribution in [0.15, 0.2) is 48.0 Å². The van der Waals surface area contributed by atoms with Crippen LogP contribution in [0.5, 0.6) is 11.5 Å². The molecule has 1 N–H and O–H groups in total. The highest BCUT2D eigenvalue weighted by Gasteiger charge is 2.49. The van der Waals surface area contributed by atoms with Gasteiger partial charge in [-0.25, -0.2) is 9.37 Å². The molecule has 1 amide bonds. The molecule has 178 valence electrons. The van der Waals surface area contributed by atoms with Gasteiger partial charge in [-0.2, -0.15) is 0 Å². The van der Waals surface area contributed by atoms with Gasteiger partial charge in [-0.05, 0) is 31.2 Å². The summed E-state index contributed by atoms with van der Waals surface area (Å²) < 4.78 is 26.1. The smallest absolute Gasteiger partial charge is 0.301 e. The topological polar surface area (TPSA) is 106 Å². The second-order valence-corrected chi connectivity index (χ2v) is 8.99. The maximum Gasteiger partial charge on any atom is 0.301 e. The number of benzene rings is 2. The normalized spacial score (nSPS) is 18.7. The summed E-state index contributed by atoms with van der Waals surface area (Å²) in [5.41, 5.74) is 0.295. The molecule has 0 bridgehead atoms. The van der Waals surface area contributed by atoms with Crippen LogP contribution < -0.4 is 14.4 Å². The molecule has 1 atom stereocenters. The third-order valence-corrected chi connectivity index (χ3v) is 7.03. The number of aryl methyl sites for hydroxylation is 1. The van der Waals surface area contributed by atoms with Crippen LogP contribution in [0.4, 0.5) is 9.52 Å². The van der Waals surface area contributed by atoms with E-state index in [0.717, 1.165) is 16.2 Å². The van der Waals surface area contributed by atoms with Gasteiger partial charge in [0.25, 0.3) is 5.78 Å². The van der Waals surface area contributed by atoms with Gasteiger partial charge in [-0.1, -0.05) is 29.5 Å². The van der Waals surface area contributed by atoms with E-state index in [1.807, 2.05) is 0 Å². The molecule has 1 aromatic heterocycles. The molecule has 3 aromatic rings. The number of amides is 1. The van der Waals surface area contributed by atoms with Crippen molar-refractivity contribution in [1.29, 1.82) is 0 Å². The molecule has 10 heteroatoms. The lowest BCUT2D eigenvalue weighted by Gasteiger charge is -2.23. The van der Waals surface area contributed by atoms with Crippen molar-refractivity contribution >= 4 is 39.7 Å². The van der Waals surface area contributed by atoms with Crippen molar-refractivity contribution in [3.63, 3.8) is 0 Å². The first-order valence-electron chi connectivity index (χ1n) is 10.7. The summed E-state index contributed by atoms with van der Waals surface area (Å²) in [4.78, 5) is 44.1. The van der Waals surface area contributed by atoms with Gasteiger partial charge in [0.05, 0.1) is 16.1 Å². The Kier molecular flexibility index (Phi) is 5.60. The Hall–Kier alpha value is -4.05. The molecule has 3 heterocycles. The number of carbonyl (C=O) groups excluding carboxylic acids is 3. The zero-order valence-corrected chi connectivity index (χ0v) is 19.5. The average molecular weight is 495 g/mol. The summed E-state index contributed by atoms with van der Waals surface area (Å²) in [7, 11) is 0. The van der Waals surface area contributed by atoms with E-state index in [4.69, 9.17) is 9.47 Å². The Balaban J connectivity index is 1.71. The highest BCUT2D eigenvalue weighted by Crippen LogP contribution is 2.45. The van der Waals surface area contributed by atoms with Crippen molar-refractivity contribution < 1.29 is 33.4 Å². The third kappa shape index (κ3) is 3.75. The molecule has 1 saturated heterocycles. The number of rotatable bonds is 4. The lowest BCUT2D eigenvalue weighted by atomic mass is 9.95. The first kappa shape index (κ1) is 22.7. The van der Waals surface area contributed by atoms with Crippen molar-refractivity contribution in [2.75, 3.05) is 18.1 Å². The van der Waals surface area contributed by atoms with Crippen LogP contribution in [-0.4, -0.2) is 40.8 Å². The number of aliphatic hydroxyl groups excluding tert-OH is 1. The number of aliphatic hydroxyl groups is 1. The molecule has 2 aromatic carbocycles. The predicted octanol–water partition coefficient (Wildman–Crippen LogP) is 4.19. The number of carbonyl (C=O) groups is 3. The van der Waals surface area contributed by atoms with E-state index in [0.29, 0.717) is 35.3 Å². The van der Waals surface area contributed by atoms with Crippen molar-refractivity contribution in [3.8, 4) is 11.5 Å². The summed E-state index contributed by atoms with van der Waals surface area (Å²) in [5, 5.41) is 11.3. The highest BCUT2D eigenvalue weighted by molar-refractivity contribution is 7.18. The molecule has 0 aliphatic carbocycles. The Morgan fingerprint density at radius 2 is 1.86 bits per heavy atom. The van der Waals surface area contributed by atoms with Crippen LogP contribution in [0.25, 0.3) is 5.76 Å². The zero-order chi connectivity index (χ0) is 24.9. The second kappa shape index (κ2) is 8.62. The fourth-order valence-electron chi connectivity index (χ4n) is 4.18. The van der Waals surface area contributed by atoms with E-state index < -0.39 is 29.3 Å². The number of thiazole rings is 1. The largest absolute Gasteiger partial charge is 0.507 e. The van der Waals surface area contributed by atoms with E-state index in [-0.39, 0.29) is 27.6 Å². The van der Waals surface area contributed by atoms with Gasteiger partial charge >= 0.3 is 5.91 Å². The van der Waals surface area contributed by atoms with Crippen molar-refractivity contribution in [1.82, 2.24) is 4.98 Å².